The second-order valence-electron chi connectivity index (χ2n) is 5.04. The van der Waals surface area contributed by atoms with Gasteiger partial charge in [0, 0.05) is 16.3 Å². The fourth-order valence-corrected chi connectivity index (χ4v) is 2.73. The molecule has 9 heteroatoms. The Morgan fingerprint density at radius 1 is 1.08 bits per heavy atom. The average Bonchev–Trinajstić information content (AvgIpc) is 3.10. The van der Waals surface area contributed by atoms with Gasteiger partial charge < -0.3 is 9.73 Å². The van der Waals surface area contributed by atoms with E-state index in [-0.39, 0.29) is 11.0 Å². The quantitative estimate of drug-likeness (QED) is 0.645. The minimum atomic E-state index is -0.605. The summed E-state index contributed by atoms with van der Waals surface area (Å²) in [4.78, 5) is 23.6. The summed E-state index contributed by atoms with van der Waals surface area (Å²) in [5, 5.41) is 13.3. The van der Waals surface area contributed by atoms with E-state index in [0.29, 0.717) is 22.2 Å². The molecule has 0 aliphatic heterocycles. The van der Waals surface area contributed by atoms with Gasteiger partial charge in [0.15, 0.2) is 0 Å². The predicted octanol–water partition coefficient (Wildman–Crippen LogP) is 3.83. The molecule has 0 bridgehead atoms. The van der Waals surface area contributed by atoms with Crippen LogP contribution < -0.4 is 10.6 Å². The van der Waals surface area contributed by atoms with Gasteiger partial charge in [-0.25, -0.2) is 4.79 Å². The Kier molecular flexibility index (Phi) is 5.88. The Bertz CT molecular complexity index is 917. The molecular formula is C17H13ClN4O3S. The van der Waals surface area contributed by atoms with E-state index in [1.807, 2.05) is 6.07 Å². The zero-order valence-corrected chi connectivity index (χ0v) is 14.9. The number of hydrogen-bond acceptors (Lipinski definition) is 6. The summed E-state index contributed by atoms with van der Waals surface area (Å²) < 4.78 is 5.48. The Balaban J connectivity index is 1.49. The van der Waals surface area contributed by atoms with Gasteiger partial charge in [0.1, 0.15) is 0 Å². The molecule has 0 saturated heterocycles. The monoisotopic (exact) mass is 388 g/mol. The number of carbonyl (C=O) groups is 2. The minimum absolute atomic E-state index is 0.0423. The van der Waals surface area contributed by atoms with Crippen LogP contribution in [0.1, 0.15) is 0 Å². The van der Waals surface area contributed by atoms with E-state index in [9.17, 15) is 9.59 Å². The summed E-state index contributed by atoms with van der Waals surface area (Å²) in [6.07, 6.45) is 0. The largest absolute Gasteiger partial charge is 0.411 e. The first-order valence-corrected chi connectivity index (χ1v) is 8.84. The molecule has 0 radical (unpaired) electrons. The lowest BCUT2D eigenvalue weighted by atomic mass is 10.2. The molecule has 2 aromatic carbocycles. The van der Waals surface area contributed by atoms with Gasteiger partial charge in [0.05, 0.1) is 5.75 Å². The van der Waals surface area contributed by atoms with Gasteiger partial charge in [-0.05, 0) is 30.3 Å². The van der Waals surface area contributed by atoms with Crippen molar-refractivity contribution in [3.05, 3.63) is 59.6 Å². The van der Waals surface area contributed by atoms with Gasteiger partial charge in [-0.2, -0.15) is 0 Å². The molecule has 0 fully saturated rings. The van der Waals surface area contributed by atoms with E-state index >= 15 is 0 Å². The van der Waals surface area contributed by atoms with Crippen LogP contribution in [0.15, 0.2) is 64.2 Å². The standard InChI is InChI=1S/C17H13ClN4O3S/c18-12-6-4-5-11(9-12)15-21-22-17(25-15)26-10-14(23)20-16(24)19-13-7-2-1-3-8-13/h1-9H,10H2,(H2,19,20,23,24). The first-order valence-electron chi connectivity index (χ1n) is 7.48. The molecule has 0 unspecified atom stereocenters. The van der Waals surface area contributed by atoms with Crippen molar-refractivity contribution < 1.29 is 14.0 Å². The third-order valence-corrected chi connectivity index (χ3v) is 4.14. The highest BCUT2D eigenvalue weighted by Crippen LogP contribution is 2.24. The number of para-hydroxylation sites is 1. The molecule has 0 spiro atoms. The molecule has 0 atom stereocenters. The first kappa shape index (κ1) is 18.0. The number of amides is 3. The summed E-state index contributed by atoms with van der Waals surface area (Å²) in [5.41, 5.74) is 1.28. The number of aromatic nitrogens is 2. The lowest BCUT2D eigenvalue weighted by Crippen LogP contribution is -2.35. The maximum absolute atomic E-state index is 11.8. The van der Waals surface area contributed by atoms with Crippen LogP contribution in [0.2, 0.25) is 5.02 Å². The number of carbonyl (C=O) groups excluding carboxylic acids is 2. The van der Waals surface area contributed by atoms with Crippen LogP contribution in [0.4, 0.5) is 10.5 Å². The van der Waals surface area contributed by atoms with Gasteiger partial charge in [0.2, 0.25) is 11.8 Å². The fourth-order valence-electron chi connectivity index (χ4n) is 1.98. The third kappa shape index (κ3) is 5.08. The summed E-state index contributed by atoms with van der Waals surface area (Å²) in [6.45, 7) is 0. The van der Waals surface area contributed by atoms with Gasteiger partial charge in [-0.3, -0.25) is 10.1 Å². The van der Waals surface area contributed by atoms with Crippen molar-refractivity contribution in [1.29, 1.82) is 0 Å². The van der Waals surface area contributed by atoms with Crippen LogP contribution in [-0.2, 0) is 4.79 Å². The molecule has 0 aliphatic rings. The normalized spacial score (nSPS) is 10.3. The average molecular weight is 389 g/mol. The van der Waals surface area contributed by atoms with E-state index in [0.717, 1.165) is 11.8 Å². The summed E-state index contributed by atoms with van der Waals surface area (Å²) in [7, 11) is 0. The smallest absolute Gasteiger partial charge is 0.325 e. The van der Waals surface area contributed by atoms with Crippen LogP contribution in [0.3, 0.4) is 0 Å². The molecule has 1 aromatic heterocycles. The maximum Gasteiger partial charge on any atom is 0.325 e. The van der Waals surface area contributed by atoms with Gasteiger partial charge >= 0.3 is 6.03 Å². The molecule has 0 aliphatic carbocycles. The summed E-state index contributed by atoms with van der Waals surface area (Å²) in [5.74, 6) is -0.220. The second-order valence-corrected chi connectivity index (χ2v) is 6.40. The number of hydrogen-bond donors (Lipinski definition) is 2. The van der Waals surface area contributed by atoms with Crippen molar-refractivity contribution in [3.8, 4) is 11.5 Å². The highest BCUT2D eigenvalue weighted by molar-refractivity contribution is 7.99. The van der Waals surface area contributed by atoms with E-state index in [1.165, 1.54) is 0 Å². The fraction of sp³-hybridized carbons (Fsp3) is 0.0588. The van der Waals surface area contributed by atoms with Crippen LogP contribution in [0.5, 0.6) is 0 Å². The Morgan fingerprint density at radius 2 is 1.88 bits per heavy atom. The van der Waals surface area contributed by atoms with Gasteiger partial charge in [0.25, 0.3) is 5.22 Å². The second kappa shape index (κ2) is 8.50. The maximum atomic E-state index is 11.8. The van der Waals surface area contributed by atoms with Crippen molar-refractivity contribution in [3.63, 3.8) is 0 Å². The van der Waals surface area contributed by atoms with E-state index < -0.39 is 11.9 Å². The Hall–Kier alpha value is -2.84. The van der Waals surface area contributed by atoms with Crippen LogP contribution in [0.25, 0.3) is 11.5 Å². The highest BCUT2D eigenvalue weighted by Gasteiger charge is 2.13. The molecule has 132 valence electrons. The van der Waals surface area contributed by atoms with Crippen molar-refractivity contribution in [2.45, 2.75) is 5.22 Å². The van der Waals surface area contributed by atoms with E-state index in [1.54, 1.807) is 48.5 Å². The number of anilines is 1. The van der Waals surface area contributed by atoms with Crippen LogP contribution in [0, 0.1) is 0 Å². The van der Waals surface area contributed by atoms with E-state index in [4.69, 9.17) is 16.0 Å². The highest BCUT2D eigenvalue weighted by atomic mass is 35.5. The van der Waals surface area contributed by atoms with Crippen LogP contribution >= 0.6 is 23.4 Å². The number of nitrogens with zero attached hydrogens (tertiary/aromatic N) is 2. The zero-order chi connectivity index (χ0) is 18.4. The molecule has 3 aromatic rings. The lowest BCUT2D eigenvalue weighted by molar-refractivity contribution is -0.117. The number of rotatable bonds is 5. The molecule has 26 heavy (non-hydrogen) atoms. The Labute approximate surface area is 158 Å². The molecule has 2 N–H and O–H groups in total. The van der Waals surface area contributed by atoms with Gasteiger partial charge in [-0.1, -0.05) is 47.6 Å². The van der Waals surface area contributed by atoms with Crippen molar-refractivity contribution in [2.75, 3.05) is 11.1 Å². The van der Waals surface area contributed by atoms with Crippen molar-refractivity contribution in [1.82, 2.24) is 15.5 Å². The topological polar surface area (TPSA) is 97.1 Å². The predicted molar refractivity (Wildman–Crippen MR) is 99.1 cm³/mol. The molecule has 0 saturated carbocycles. The third-order valence-electron chi connectivity index (χ3n) is 3.09. The van der Waals surface area contributed by atoms with E-state index in [2.05, 4.69) is 20.8 Å². The zero-order valence-electron chi connectivity index (χ0n) is 13.3. The molecule has 3 rings (SSSR count). The number of urea groups is 1. The lowest BCUT2D eigenvalue weighted by Gasteiger charge is -2.05. The van der Waals surface area contributed by atoms with Crippen molar-refractivity contribution in [2.24, 2.45) is 0 Å². The number of benzene rings is 2. The molecule has 3 amide bonds. The van der Waals surface area contributed by atoms with Gasteiger partial charge in [-0.15, -0.1) is 10.2 Å². The number of halogens is 1. The number of thioether (sulfide) groups is 1. The van der Waals surface area contributed by atoms with Crippen LogP contribution in [-0.4, -0.2) is 27.9 Å². The first-order chi connectivity index (χ1) is 12.6. The number of nitrogens with one attached hydrogen (secondary N) is 2. The minimum Gasteiger partial charge on any atom is -0.411 e. The Morgan fingerprint density at radius 3 is 2.65 bits per heavy atom. The SMILES string of the molecule is O=C(CSc1nnc(-c2cccc(Cl)c2)o1)NC(=O)Nc1ccccc1. The number of imide groups is 1. The summed E-state index contributed by atoms with van der Waals surface area (Å²) in [6, 6.07) is 15.2. The molecular weight excluding hydrogens is 376 g/mol. The molecule has 7 nitrogen and oxygen atoms in total. The molecule has 1 heterocycles. The van der Waals surface area contributed by atoms with Crippen molar-refractivity contribution >= 4 is 41.0 Å². The summed E-state index contributed by atoms with van der Waals surface area (Å²) >= 11 is 6.96.